The molecule has 3 nitrogen and oxygen atoms in total. The van der Waals surface area contributed by atoms with Gasteiger partial charge in [-0.15, -0.1) is 0 Å². The van der Waals surface area contributed by atoms with Gasteiger partial charge in [-0.25, -0.2) is 4.98 Å². The standard InChI is InChI=1S/C14H14BrF3N2O/c1-2-5-19-8-13-20-7-12(21-13)10-6-9(14(16,17)18)3-4-11(10)15/h3-4,6-7,19H,2,5,8H2,1H3. The van der Waals surface area contributed by atoms with Crippen LogP contribution in [0, 0.1) is 0 Å². The fourth-order valence-electron chi connectivity index (χ4n) is 1.78. The summed E-state index contributed by atoms with van der Waals surface area (Å²) in [6, 6.07) is 3.43. The van der Waals surface area contributed by atoms with E-state index in [1.54, 1.807) is 0 Å². The van der Waals surface area contributed by atoms with E-state index in [9.17, 15) is 13.2 Å². The van der Waals surface area contributed by atoms with Crippen molar-refractivity contribution in [3.8, 4) is 11.3 Å². The van der Waals surface area contributed by atoms with E-state index < -0.39 is 11.7 Å². The smallest absolute Gasteiger partial charge is 0.416 e. The van der Waals surface area contributed by atoms with Gasteiger partial charge in [0.1, 0.15) is 0 Å². The van der Waals surface area contributed by atoms with Crippen LogP contribution in [-0.4, -0.2) is 11.5 Å². The Morgan fingerprint density at radius 3 is 2.76 bits per heavy atom. The molecule has 21 heavy (non-hydrogen) atoms. The number of nitrogens with one attached hydrogen (secondary N) is 1. The number of halogens is 4. The maximum Gasteiger partial charge on any atom is 0.416 e. The number of aromatic nitrogens is 1. The van der Waals surface area contributed by atoms with Crippen LogP contribution in [0.3, 0.4) is 0 Å². The van der Waals surface area contributed by atoms with Crippen molar-refractivity contribution in [3.05, 3.63) is 40.3 Å². The number of rotatable bonds is 5. The lowest BCUT2D eigenvalue weighted by atomic mass is 10.1. The topological polar surface area (TPSA) is 38.1 Å². The molecule has 2 rings (SSSR count). The van der Waals surface area contributed by atoms with Crippen molar-refractivity contribution in [2.45, 2.75) is 26.1 Å². The molecule has 0 aliphatic heterocycles. The van der Waals surface area contributed by atoms with E-state index in [-0.39, 0.29) is 0 Å². The van der Waals surface area contributed by atoms with Crippen LogP contribution in [0.15, 0.2) is 33.3 Å². The zero-order valence-electron chi connectivity index (χ0n) is 11.3. The molecule has 1 heterocycles. The number of nitrogens with zero attached hydrogens (tertiary/aromatic N) is 1. The van der Waals surface area contributed by atoms with Crippen molar-refractivity contribution >= 4 is 15.9 Å². The Labute approximate surface area is 128 Å². The van der Waals surface area contributed by atoms with E-state index in [1.807, 2.05) is 6.92 Å². The minimum absolute atomic E-state index is 0.307. The highest BCUT2D eigenvalue weighted by atomic mass is 79.9. The van der Waals surface area contributed by atoms with Gasteiger partial charge in [-0.1, -0.05) is 22.9 Å². The molecule has 0 atom stereocenters. The molecular weight excluding hydrogens is 349 g/mol. The van der Waals surface area contributed by atoms with E-state index in [1.165, 1.54) is 12.3 Å². The van der Waals surface area contributed by atoms with Crippen molar-refractivity contribution in [1.82, 2.24) is 10.3 Å². The maximum absolute atomic E-state index is 12.8. The summed E-state index contributed by atoms with van der Waals surface area (Å²) in [5.74, 6) is 0.754. The molecule has 0 bridgehead atoms. The second kappa shape index (κ2) is 6.62. The Morgan fingerprint density at radius 1 is 1.33 bits per heavy atom. The summed E-state index contributed by atoms with van der Waals surface area (Å²) in [6.45, 7) is 3.31. The van der Waals surface area contributed by atoms with E-state index in [2.05, 4.69) is 26.2 Å². The summed E-state index contributed by atoms with van der Waals surface area (Å²) >= 11 is 3.24. The molecule has 2 aromatic rings. The van der Waals surface area contributed by atoms with Crippen LogP contribution in [-0.2, 0) is 12.7 Å². The third kappa shape index (κ3) is 4.07. The van der Waals surface area contributed by atoms with Gasteiger partial charge in [0, 0.05) is 10.0 Å². The van der Waals surface area contributed by atoms with Gasteiger partial charge >= 0.3 is 6.18 Å². The summed E-state index contributed by atoms with van der Waals surface area (Å²) in [4.78, 5) is 4.07. The molecule has 0 amide bonds. The lowest BCUT2D eigenvalue weighted by Gasteiger charge is -2.09. The summed E-state index contributed by atoms with van der Waals surface area (Å²) in [5, 5.41) is 3.12. The number of hydrogen-bond acceptors (Lipinski definition) is 3. The fraction of sp³-hybridized carbons (Fsp3) is 0.357. The van der Waals surface area contributed by atoms with Gasteiger partial charge in [-0.2, -0.15) is 13.2 Å². The largest absolute Gasteiger partial charge is 0.439 e. The van der Waals surface area contributed by atoms with Crippen LogP contribution in [0.25, 0.3) is 11.3 Å². The Hall–Kier alpha value is -1.34. The zero-order chi connectivity index (χ0) is 15.5. The molecule has 1 aromatic carbocycles. The molecule has 0 unspecified atom stereocenters. The summed E-state index contributed by atoms with van der Waals surface area (Å²) in [5.41, 5.74) is -0.387. The van der Waals surface area contributed by atoms with Crippen molar-refractivity contribution in [3.63, 3.8) is 0 Å². The highest BCUT2D eigenvalue weighted by molar-refractivity contribution is 9.10. The molecule has 114 valence electrons. The van der Waals surface area contributed by atoms with E-state index in [0.29, 0.717) is 28.2 Å². The minimum atomic E-state index is -4.39. The Kier molecular flexibility index (Phi) is 5.05. The maximum atomic E-state index is 12.8. The first-order chi connectivity index (χ1) is 9.91. The normalized spacial score (nSPS) is 11.9. The van der Waals surface area contributed by atoms with Gasteiger partial charge < -0.3 is 9.73 Å². The number of hydrogen-bond donors (Lipinski definition) is 1. The molecule has 0 fully saturated rings. The number of oxazole rings is 1. The fourth-order valence-corrected chi connectivity index (χ4v) is 2.22. The first kappa shape index (κ1) is 16.0. The molecule has 0 spiro atoms. The van der Waals surface area contributed by atoms with Crippen LogP contribution < -0.4 is 5.32 Å². The van der Waals surface area contributed by atoms with Crippen molar-refractivity contribution in [2.75, 3.05) is 6.54 Å². The molecule has 7 heteroatoms. The molecule has 0 aliphatic rings. The third-order valence-electron chi connectivity index (χ3n) is 2.82. The van der Waals surface area contributed by atoms with E-state index in [4.69, 9.17) is 4.42 Å². The second-order valence-corrected chi connectivity index (χ2v) is 5.34. The lowest BCUT2D eigenvalue weighted by molar-refractivity contribution is -0.137. The van der Waals surface area contributed by atoms with Crippen LogP contribution >= 0.6 is 15.9 Å². The summed E-state index contributed by atoms with van der Waals surface area (Å²) in [7, 11) is 0. The first-order valence-corrected chi connectivity index (χ1v) is 7.23. The monoisotopic (exact) mass is 362 g/mol. The molecular formula is C14H14BrF3N2O. The molecule has 0 saturated carbocycles. The highest BCUT2D eigenvalue weighted by Gasteiger charge is 2.31. The van der Waals surface area contributed by atoms with Gasteiger partial charge in [0.15, 0.2) is 5.76 Å². The average Bonchev–Trinajstić information content (AvgIpc) is 2.87. The Bertz CT molecular complexity index is 611. The van der Waals surface area contributed by atoms with E-state index in [0.717, 1.165) is 25.1 Å². The highest BCUT2D eigenvalue weighted by Crippen LogP contribution is 2.36. The predicted octanol–water partition coefficient (Wildman–Crippen LogP) is 4.62. The van der Waals surface area contributed by atoms with Crippen molar-refractivity contribution in [1.29, 1.82) is 0 Å². The van der Waals surface area contributed by atoms with Gasteiger partial charge in [-0.3, -0.25) is 0 Å². The third-order valence-corrected chi connectivity index (χ3v) is 3.51. The van der Waals surface area contributed by atoms with E-state index >= 15 is 0 Å². The Morgan fingerprint density at radius 2 is 2.10 bits per heavy atom. The van der Waals surface area contributed by atoms with Crippen LogP contribution in [0.4, 0.5) is 13.2 Å². The van der Waals surface area contributed by atoms with Crippen LogP contribution in [0.1, 0.15) is 24.8 Å². The van der Waals surface area contributed by atoms with Crippen LogP contribution in [0.2, 0.25) is 0 Å². The quantitative estimate of drug-likeness (QED) is 0.788. The predicted molar refractivity (Wildman–Crippen MR) is 76.6 cm³/mol. The zero-order valence-corrected chi connectivity index (χ0v) is 12.9. The minimum Gasteiger partial charge on any atom is -0.439 e. The van der Waals surface area contributed by atoms with Gasteiger partial charge in [0.05, 0.1) is 18.3 Å². The van der Waals surface area contributed by atoms with Crippen molar-refractivity contribution < 1.29 is 17.6 Å². The van der Waals surface area contributed by atoms with Gasteiger partial charge in [0.2, 0.25) is 5.89 Å². The van der Waals surface area contributed by atoms with Crippen LogP contribution in [0.5, 0.6) is 0 Å². The first-order valence-electron chi connectivity index (χ1n) is 6.44. The Balaban J connectivity index is 2.25. The summed E-state index contributed by atoms with van der Waals surface area (Å²) < 4.78 is 44.3. The molecule has 0 saturated heterocycles. The number of benzene rings is 1. The summed E-state index contributed by atoms with van der Waals surface area (Å²) in [6.07, 6.45) is -1.98. The molecule has 0 radical (unpaired) electrons. The molecule has 1 aromatic heterocycles. The lowest BCUT2D eigenvalue weighted by Crippen LogP contribution is -2.13. The van der Waals surface area contributed by atoms with Gasteiger partial charge in [0.25, 0.3) is 0 Å². The van der Waals surface area contributed by atoms with Gasteiger partial charge in [-0.05, 0) is 31.2 Å². The second-order valence-electron chi connectivity index (χ2n) is 4.49. The molecule has 1 N–H and O–H groups in total. The average molecular weight is 363 g/mol. The molecule has 0 aliphatic carbocycles. The number of alkyl halides is 3. The van der Waals surface area contributed by atoms with Crippen molar-refractivity contribution in [2.24, 2.45) is 0 Å². The SMILES string of the molecule is CCCNCc1ncc(-c2cc(C(F)(F)F)ccc2Br)o1.